The van der Waals surface area contributed by atoms with Gasteiger partial charge in [-0.2, -0.15) is 0 Å². The van der Waals surface area contributed by atoms with Crippen molar-refractivity contribution in [1.82, 2.24) is 0 Å². The van der Waals surface area contributed by atoms with Crippen LogP contribution >= 0.6 is 0 Å². The van der Waals surface area contributed by atoms with Crippen molar-refractivity contribution in [3.63, 3.8) is 0 Å². The molecule has 88 valence electrons. The predicted molar refractivity (Wildman–Crippen MR) is 45.5 cm³/mol. The lowest BCUT2D eigenvalue weighted by atomic mass is 9.99. The molecule has 4 N–H and O–H groups in total. The van der Waals surface area contributed by atoms with Gasteiger partial charge in [0.25, 0.3) is 0 Å². The average Bonchev–Trinajstić information content (AvgIpc) is 2.18. The summed E-state index contributed by atoms with van der Waals surface area (Å²) in [5.74, 6) is -0.712. The van der Waals surface area contributed by atoms with Gasteiger partial charge in [-0.25, -0.2) is 0 Å². The number of ether oxygens (including phenoxy) is 2. The van der Waals surface area contributed by atoms with E-state index in [2.05, 4.69) is 4.74 Å². The van der Waals surface area contributed by atoms with Crippen LogP contribution in [0.1, 0.15) is 6.92 Å². The van der Waals surface area contributed by atoms with Crippen molar-refractivity contribution in [2.75, 3.05) is 6.61 Å². The van der Waals surface area contributed by atoms with Crippen LogP contribution in [0, 0.1) is 0 Å². The largest absolute Gasteiger partial charge is 0.454 e. The molecule has 0 aromatic carbocycles. The molecule has 0 aromatic rings. The van der Waals surface area contributed by atoms with Gasteiger partial charge in [-0.15, -0.1) is 0 Å². The normalized spacial score (nSPS) is 41.3. The zero-order valence-corrected chi connectivity index (χ0v) is 8.11. The van der Waals surface area contributed by atoms with Crippen molar-refractivity contribution in [3.8, 4) is 0 Å². The Morgan fingerprint density at radius 1 is 1.33 bits per heavy atom. The standard InChI is InChI=1S/C8H14O7/c1-3(10)14-7-6(12)5(11)4(2-9)15-8(7)13/h4-9,11-13H,2H2,1H3. The fraction of sp³-hybridized carbons (Fsp3) is 0.875. The number of aliphatic hydroxyl groups excluding tert-OH is 4. The molecule has 0 aliphatic carbocycles. The summed E-state index contributed by atoms with van der Waals surface area (Å²) in [6.45, 7) is 0.548. The maximum atomic E-state index is 10.6. The van der Waals surface area contributed by atoms with E-state index in [1.807, 2.05) is 0 Å². The highest BCUT2D eigenvalue weighted by Crippen LogP contribution is 2.22. The molecule has 0 bridgehead atoms. The van der Waals surface area contributed by atoms with Crippen molar-refractivity contribution < 1.29 is 34.7 Å². The van der Waals surface area contributed by atoms with Gasteiger partial charge in [0.2, 0.25) is 0 Å². The van der Waals surface area contributed by atoms with Crippen molar-refractivity contribution in [1.29, 1.82) is 0 Å². The van der Waals surface area contributed by atoms with Crippen molar-refractivity contribution in [3.05, 3.63) is 0 Å². The number of esters is 1. The average molecular weight is 222 g/mol. The minimum absolute atomic E-state index is 0.553. The Hall–Kier alpha value is -0.730. The molecule has 0 amide bonds. The highest BCUT2D eigenvalue weighted by atomic mass is 16.7. The predicted octanol–water partition coefficient (Wildman–Crippen LogP) is -2.65. The van der Waals surface area contributed by atoms with E-state index < -0.39 is 43.3 Å². The first-order chi connectivity index (χ1) is 6.97. The maximum absolute atomic E-state index is 10.6. The van der Waals surface area contributed by atoms with Crippen LogP contribution in [0.2, 0.25) is 0 Å². The van der Waals surface area contributed by atoms with E-state index in [4.69, 9.17) is 9.84 Å². The van der Waals surface area contributed by atoms with E-state index >= 15 is 0 Å². The topological polar surface area (TPSA) is 116 Å². The van der Waals surface area contributed by atoms with Crippen LogP contribution in [0.25, 0.3) is 0 Å². The molecule has 0 aromatic heterocycles. The molecule has 1 heterocycles. The Morgan fingerprint density at radius 3 is 2.40 bits per heavy atom. The number of hydrogen-bond donors (Lipinski definition) is 4. The van der Waals surface area contributed by atoms with Gasteiger partial charge in [0.1, 0.15) is 18.3 Å². The highest BCUT2D eigenvalue weighted by molar-refractivity contribution is 5.66. The van der Waals surface area contributed by atoms with E-state index in [9.17, 15) is 20.1 Å². The van der Waals surface area contributed by atoms with E-state index in [0.717, 1.165) is 6.92 Å². The van der Waals surface area contributed by atoms with Gasteiger partial charge >= 0.3 is 5.97 Å². The quantitative estimate of drug-likeness (QED) is 0.377. The van der Waals surface area contributed by atoms with Crippen LogP contribution in [0.3, 0.4) is 0 Å². The molecule has 7 heteroatoms. The molecule has 1 aliphatic heterocycles. The molecule has 5 atom stereocenters. The van der Waals surface area contributed by atoms with Crippen LogP contribution < -0.4 is 0 Å². The number of carbonyl (C=O) groups is 1. The van der Waals surface area contributed by atoms with Gasteiger partial charge in [0, 0.05) is 6.92 Å². The Balaban J connectivity index is 2.70. The molecule has 0 spiro atoms. The van der Waals surface area contributed by atoms with Gasteiger partial charge in [-0.1, -0.05) is 0 Å². The summed E-state index contributed by atoms with van der Waals surface area (Å²) in [6.07, 6.45) is -6.91. The third-order valence-electron chi connectivity index (χ3n) is 2.14. The Labute approximate surface area is 85.9 Å². The lowest BCUT2D eigenvalue weighted by molar-refractivity contribution is -0.290. The highest BCUT2D eigenvalue weighted by Gasteiger charge is 2.45. The van der Waals surface area contributed by atoms with Crippen LogP contribution in [0.5, 0.6) is 0 Å². The molecular weight excluding hydrogens is 208 g/mol. The zero-order valence-electron chi connectivity index (χ0n) is 8.11. The molecule has 5 unspecified atom stereocenters. The molecule has 1 fully saturated rings. The van der Waals surface area contributed by atoms with Crippen LogP contribution in [0.15, 0.2) is 0 Å². The minimum Gasteiger partial charge on any atom is -0.454 e. The van der Waals surface area contributed by atoms with Crippen molar-refractivity contribution in [2.45, 2.75) is 37.6 Å². The molecule has 7 nitrogen and oxygen atoms in total. The molecule has 0 saturated carbocycles. The second-order valence-corrected chi connectivity index (χ2v) is 3.30. The van der Waals surface area contributed by atoms with E-state index in [1.54, 1.807) is 0 Å². The minimum atomic E-state index is -1.57. The SMILES string of the molecule is CC(=O)OC1C(O)OC(CO)C(O)C1O. The summed E-state index contributed by atoms with van der Waals surface area (Å²) < 4.78 is 9.32. The van der Waals surface area contributed by atoms with Gasteiger partial charge in [0.05, 0.1) is 6.61 Å². The van der Waals surface area contributed by atoms with Crippen LogP contribution in [-0.2, 0) is 14.3 Å². The number of aliphatic hydroxyl groups is 4. The molecule has 1 aliphatic rings. The fourth-order valence-electron chi connectivity index (χ4n) is 1.39. The Kier molecular flexibility index (Phi) is 4.00. The van der Waals surface area contributed by atoms with Gasteiger partial charge in [0.15, 0.2) is 12.4 Å². The lowest BCUT2D eigenvalue weighted by Crippen LogP contribution is -2.59. The third kappa shape index (κ3) is 2.64. The van der Waals surface area contributed by atoms with Crippen molar-refractivity contribution >= 4 is 5.97 Å². The first-order valence-corrected chi connectivity index (χ1v) is 4.45. The van der Waals surface area contributed by atoms with E-state index in [1.165, 1.54) is 0 Å². The molecule has 1 saturated heterocycles. The first-order valence-electron chi connectivity index (χ1n) is 4.45. The smallest absolute Gasteiger partial charge is 0.303 e. The monoisotopic (exact) mass is 222 g/mol. The Bertz CT molecular complexity index is 231. The number of rotatable bonds is 2. The second-order valence-electron chi connectivity index (χ2n) is 3.30. The summed E-state index contributed by atoms with van der Waals surface area (Å²) in [7, 11) is 0. The van der Waals surface area contributed by atoms with E-state index in [0.29, 0.717) is 0 Å². The molecule has 1 rings (SSSR count). The van der Waals surface area contributed by atoms with Crippen molar-refractivity contribution in [2.24, 2.45) is 0 Å². The van der Waals surface area contributed by atoms with Gasteiger partial charge in [-0.3, -0.25) is 4.79 Å². The van der Waals surface area contributed by atoms with Gasteiger partial charge in [-0.05, 0) is 0 Å². The molecule has 0 radical (unpaired) electrons. The summed E-state index contributed by atoms with van der Waals surface area (Å²) in [5.41, 5.74) is 0. The second kappa shape index (κ2) is 4.86. The summed E-state index contributed by atoms with van der Waals surface area (Å²) >= 11 is 0. The van der Waals surface area contributed by atoms with E-state index in [-0.39, 0.29) is 0 Å². The lowest BCUT2D eigenvalue weighted by Gasteiger charge is -2.39. The van der Waals surface area contributed by atoms with Gasteiger partial charge < -0.3 is 29.9 Å². The zero-order chi connectivity index (χ0) is 11.6. The Morgan fingerprint density at radius 2 is 1.93 bits per heavy atom. The third-order valence-corrected chi connectivity index (χ3v) is 2.14. The fourth-order valence-corrected chi connectivity index (χ4v) is 1.39. The number of carbonyl (C=O) groups excluding carboxylic acids is 1. The van der Waals surface area contributed by atoms with Crippen LogP contribution in [-0.4, -0.2) is 63.7 Å². The maximum Gasteiger partial charge on any atom is 0.303 e. The first kappa shape index (κ1) is 12.3. The molecular formula is C8H14O7. The van der Waals surface area contributed by atoms with Crippen LogP contribution in [0.4, 0.5) is 0 Å². The number of hydrogen-bond acceptors (Lipinski definition) is 7. The molecule has 15 heavy (non-hydrogen) atoms. The summed E-state index contributed by atoms with van der Waals surface area (Å²) in [6, 6.07) is 0. The summed E-state index contributed by atoms with van der Waals surface area (Å²) in [4.78, 5) is 10.6. The summed E-state index contributed by atoms with van der Waals surface area (Å²) in [5, 5.41) is 37.0.